The fourth-order valence-electron chi connectivity index (χ4n) is 2.74. The van der Waals surface area contributed by atoms with Gasteiger partial charge in [0, 0.05) is 30.4 Å². The number of nitrogens with zero attached hydrogens (tertiary/aromatic N) is 2. The molecule has 0 spiro atoms. The predicted octanol–water partition coefficient (Wildman–Crippen LogP) is 2.57. The Hall–Kier alpha value is -0.830. The highest BCUT2D eigenvalue weighted by atomic mass is 15.1. The standard InChI is InChI=1S/C14H25N3/c1-13(2,3)12-8-16-11-17(12)10-14(4)6-5-7-15-9-14/h8,11,15H,5-7,9-10H2,1-4H3. The molecule has 2 rings (SSSR count). The lowest BCUT2D eigenvalue weighted by atomic mass is 9.82. The van der Waals surface area contributed by atoms with Gasteiger partial charge in [-0.3, -0.25) is 0 Å². The molecule has 0 radical (unpaired) electrons. The van der Waals surface area contributed by atoms with E-state index in [1.54, 1.807) is 0 Å². The highest BCUT2D eigenvalue weighted by Gasteiger charge is 2.29. The van der Waals surface area contributed by atoms with E-state index in [0.717, 1.165) is 13.1 Å². The maximum Gasteiger partial charge on any atom is 0.0948 e. The van der Waals surface area contributed by atoms with Gasteiger partial charge in [-0.1, -0.05) is 27.7 Å². The van der Waals surface area contributed by atoms with E-state index in [9.17, 15) is 0 Å². The smallest absolute Gasteiger partial charge is 0.0948 e. The van der Waals surface area contributed by atoms with E-state index < -0.39 is 0 Å². The van der Waals surface area contributed by atoms with E-state index in [4.69, 9.17) is 0 Å². The van der Waals surface area contributed by atoms with Crippen LogP contribution in [0.5, 0.6) is 0 Å². The zero-order valence-electron chi connectivity index (χ0n) is 11.6. The quantitative estimate of drug-likeness (QED) is 0.854. The van der Waals surface area contributed by atoms with Crippen molar-refractivity contribution in [2.45, 2.75) is 52.5 Å². The number of aromatic nitrogens is 2. The van der Waals surface area contributed by atoms with Crippen molar-refractivity contribution in [2.75, 3.05) is 13.1 Å². The Bertz CT molecular complexity index is 367. The average Bonchev–Trinajstić information content (AvgIpc) is 2.65. The van der Waals surface area contributed by atoms with Gasteiger partial charge in [0.15, 0.2) is 0 Å². The average molecular weight is 235 g/mol. The van der Waals surface area contributed by atoms with Crippen molar-refractivity contribution in [1.29, 1.82) is 0 Å². The molecule has 0 bridgehead atoms. The summed E-state index contributed by atoms with van der Waals surface area (Å²) < 4.78 is 2.34. The van der Waals surface area contributed by atoms with Crippen LogP contribution in [0.3, 0.4) is 0 Å². The van der Waals surface area contributed by atoms with Crippen molar-refractivity contribution in [3.63, 3.8) is 0 Å². The molecule has 3 nitrogen and oxygen atoms in total. The predicted molar refractivity (Wildman–Crippen MR) is 71.1 cm³/mol. The minimum atomic E-state index is 0.176. The van der Waals surface area contributed by atoms with E-state index in [1.807, 2.05) is 12.5 Å². The maximum atomic E-state index is 4.33. The summed E-state index contributed by atoms with van der Waals surface area (Å²) in [6.07, 6.45) is 6.60. The van der Waals surface area contributed by atoms with Crippen LogP contribution in [-0.2, 0) is 12.0 Å². The Labute approximate surface area is 105 Å². The van der Waals surface area contributed by atoms with E-state index in [0.29, 0.717) is 5.41 Å². The normalized spacial score (nSPS) is 26.1. The topological polar surface area (TPSA) is 29.9 Å². The lowest BCUT2D eigenvalue weighted by Gasteiger charge is -2.35. The first kappa shape index (κ1) is 12.6. The molecular formula is C14H25N3. The van der Waals surface area contributed by atoms with Gasteiger partial charge in [0.2, 0.25) is 0 Å². The molecule has 0 aliphatic carbocycles. The summed E-state index contributed by atoms with van der Waals surface area (Å²) in [4.78, 5) is 4.33. The Morgan fingerprint density at radius 2 is 2.24 bits per heavy atom. The van der Waals surface area contributed by atoms with Crippen LogP contribution in [0.25, 0.3) is 0 Å². The third-order valence-electron chi connectivity index (χ3n) is 3.72. The van der Waals surface area contributed by atoms with Crippen LogP contribution in [0.2, 0.25) is 0 Å². The highest BCUT2D eigenvalue weighted by Crippen LogP contribution is 2.30. The number of nitrogens with one attached hydrogen (secondary N) is 1. The Kier molecular flexibility index (Phi) is 3.30. The number of rotatable bonds is 2. The van der Waals surface area contributed by atoms with Crippen molar-refractivity contribution >= 4 is 0 Å². The number of hydrogen-bond donors (Lipinski definition) is 1. The third-order valence-corrected chi connectivity index (χ3v) is 3.72. The monoisotopic (exact) mass is 235 g/mol. The summed E-state index contributed by atoms with van der Waals surface area (Å²) in [6, 6.07) is 0. The molecule has 2 heterocycles. The molecule has 96 valence electrons. The van der Waals surface area contributed by atoms with Gasteiger partial charge < -0.3 is 9.88 Å². The Balaban J connectivity index is 2.16. The molecule has 1 aliphatic heterocycles. The molecule has 1 aromatic rings. The summed E-state index contributed by atoms with van der Waals surface area (Å²) in [5.74, 6) is 0. The molecular weight excluding hydrogens is 210 g/mol. The second-order valence-corrected chi connectivity index (χ2v) is 6.75. The van der Waals surface area contributed by atoms with Crippen molar-refractivity contribution in [3.8, 4) is 0 Å². The van der Waals surface area contributed by atoms with Crippen molar-refractivity contribution in [2.24, 2.45) is 5.41 Å². The van der Waals surface area contributed by atoms with E-state index in [2.05, 4.69) is 42.6 Å². The van der Waals surface area contributed by atoms with Gasteiger partial charge in [-0.25, -0.2) is 4.98 Å². The second-order valence-electron chi connectivity index (χ2n) is 6.75. The third kappa shape index (κ3) is 2.89. The SMILES string of the molecule is CC1(Cn2cncc2C(C)(C)C)CCCNC1. The van der Waals surface area contributed by atoms with Gasteiger partial charge in [0.05, 0.1) is 6.33 Å². The van der Waals surface area contributed by atoms with Gasteiger partial charge >= 0.3 is 0 Å². The molecule has 1 N–H and O–H groups in total. The fourth-order valence-corrected chi connectivity index (χ4v) is 2.74. The van der Waals surface area contributed by atoms with Crippen LogP contribution in [0.15, 0.2) is 12.5 Å². The molecule has 1 fully saturated rings. The zero-order valence-corrected chi connectivity index (χ0v) is 11.6. The molecule has 0 aromatic carbocycles. The van der Waals surface area contributed by atoms with E-state index >= 15 is 0 Å². The molecule has 1 unspecified atom stereocenters. The van der Waals surface area contributed by atoms with Crippen LogP contribution >= 0.6 is 0 Å². The Morgan fingerprint density at radius 1 is 1.47 bits per heavy atom. The number of hydrogen-bond acceptors (Lipinski definition) is 2. The summed E-state index contributed by atoms with van der Waals surface area (Å²) in [7, 11) is 0. The summed E-state index contributed by atoms with van der Waals surface area (Å²) in [5, 5.41) is 3.51. The molecule has 0 amide bonds. The molecule has 3 heteroatoms. The molecule has 1 saturated heterocycles. The van der Waals surface area contributed by atoms with Crippen LogP contribution in [0, 0.1) is 5.41 Å². The zero-order chi connectivity index (χ0) is 12.5. The summed E-state index contributed by atoms with van der Waals surface area (Å²) in [6.45, 7) is 12.5. The molecule has 1 atom stereocenters. The van der Waals surface area contributed by atoms with Crippen molar-refractivity contribution in [3.05, 3.63) is 18.2 Å². The first-order valence-corrected chi connectivity index (χ1v) is 6.62. The summed E-state index contributed by atoms with van der Waals surface area (Å²) in [5.41, 5.74) is 1.89. The number of imidazole rings is 1. The second kappa shape index (κ2) is 4.45. The summed E-state index contributed by atoms with van der Waals surface area (Å²) >= 11 is 0. The number of piperidine rings is 1. The van der Waals surface area contributed by atoms with Crippen LogP contribution in [-0.4, -0.2) is 22.6 Å². The van der Waals surface area contributed by atoms with Gasteiger partial charge in [-0.15, -0.1) is 0 Å². The first-order valence-electron chi connectivity index (χ1n) is 6.62. The van der Waals surface area contributed by atoms with E-state index in [1.165, 1.54) is 25.1 Å². The van der Waals surface area contributed by atoms with Crippen molar-refractivity contribution < 1.29 is 0 Å². The molecule has 1 aromatic heterocycles. The minimum absolute atomic E-state index is 0.176. The van der Waals surface area contributed by atoms with Crippen LogP contribution in [0.4, 0.5) is 0 Å². The van der Waals surface area contributed by atoms with E-state index in [-0.39, 0.29) is 5.41 Å². The van der Waals surface area contributed by atoms with Crippen LogP contribution in [0.1, 0.15) is 46.2 Å². The molecule has 1 aliphatic rings. The Morgan fingerprint density at radius 3 is 2.82 bits per heavy atom. The lowest BCUT2D eigenvalue weighted by molar-refractivity contribution is 0.197. The van der Waals surface area contributed by atoms with Gasteiger partial charge in [-0.2, -0.15) is 0 Å². The minimum Gasteiger partial charge on any atom is -0.333 e. The van der Waals surface area contributed by atoms with Crippen LogP contribution < -0.4 is 5.32 Å². The van der Waals surface area contributed by atoms with Gasteiger partial charge in [0.25, 0.3) is 0 Å². The highest BCUT2D eigenvalue weighted by molar-refractivity contribution is 5.11. The van der Waals surface area contributed by atoms with Crippen molar-refractivity contribution in [1.82, 2.24) is 14.9 Å². The van der Waals surface area contributed by atoms with Gasteiger partial charge in [-0.05, 0) is 24.8 Å². The maximum absolute atomic E-state index is 4.33. The molecule has 0 saturated carbocycles. The largest absolute Gasteiger partial charge is 0.333 e. The molecule has 17 heavy (non-hydrogen) atoms. The first-order chi connectivity index (χ1) is 7.91. The van der Waals surface area contributed by atoms with Gasteiger partial charge in [0.1, 0.15) is 0 Å². The lowest BCUT2D eigenvalue weighted by Crippen LogP contribution is -2.41. The fraction of sp³-hybridized carbons (Fsp3) is 0.786.